The van der Waals surface area contributed by atoms with Crippen LogP contribution in [-0.4, -0.2) is 66.5 Å². The highest BCUT2D eigenvalue weighted by molar-refractivity contribution is 6.99. The molecule has 2 saturated heterocycles. The first-order valence-electron chi connectivity index (χ1n) is 19.5. The number of hydrogen-bond acceptors (Lipinski definition) is 8. The number of likely N-dealkylation sites (tertiary alicyclic amines) is 1. The van der Waals surface area contributed by atoms with Crippen LogP contribution in [0.15, 0.2) is 113 Å². The maximum Gasteiger partial charge on any atom is 0.455 e. The minimum atomic E-state index is -2.97. The molecule has 3 aliphatic rings. The molecule has 0 saturated carbocycles. The predicted octanol–water partition coefficient (Wildman–Crippen LogP) is 6.27. The minimum Gasteiger partial charge on any atom is -0.459 e. The molecule has 2 amide bonds. The summed E-state index contributed by atoms with van der Waals surface area (Å²) in [5.41, 5.74) is 3.64. The molecule has 4 aromatic rings. The van der Waals surface area contributed by atoms with Crippen molar-refractivity contribution in [3.05, 3.63) is 126 Å². The number of carbonyl (C=O) groups excluding carboxylic acids is 2. The Balaban J connectivity index is 1.31. The van der Waals surface area contributed by atoms with Gasteiger partial charge in [0.2, 0.25) is 11.8 Å². The number of aliphatic hydroxyl groups excluding tert-OH is 1. The fourth-order valence-electron chi connectivity index (χ4n) is 9.20. The molecule has 2 aromatic heterocycles. The number of fused-ring (bicyclic) bond motifs is 3. The number of hydrogen-bond donors (Lipinski definition) is 2. The van der Waals surface area contributed by atoms with Crippen LogP contribution in [0.1, 0.15) is 70.6 Å². The van der Waals surface area contributed by atoms with Crippen LogP contribution in [0.4, 0.5) is 0 Å². The van der Waals surface area contributed by atoms with Crippen molar-refractivity contribution in [3.63, 3.8) is 0 Å². The maximum absolute atomic E-state index is 14.1. The van der Waals surface area contributed by atoms with E-state index in [-0.39, 0.29) is 42.3 Å². The van der Waals surface area contributed by atoms with Gasteiger partial charge in [-0.15, -0.1) is 0 Å². The Morgan fingerprint density at radius 2 is 1.65 bits per heavy atom. The largest absolute Gasteiger partial charge is 0.459 e. The molecule has 1 aliphatic carbocycles. The smallest absolute Gasteiger partial charge is 0.455 e. The first-order valence-corrected chi connectivity index (χ1v) is 21.4. The van der Waals surface area contributed by atoms with Crippen molar-refractivity contribution < 1.29 is 33.2 Å². The summed E-state index contributed by atoms with van der Waals surface area (Å²) < 4.78 is 19.8. The number of amides is 2. The van der Waals surface area contributed by atoms with Gasteiger partial charge in [0.1, 0.15) is 18.1 Å². The molecule has 286 valence electrons. The van der Waals surface area contributed by atoms with Gasteiger partial charge < -0.3 is 23.6 Å². The van der Waals surface area contributed by atoms with Crippen LogP contribution in [0.25, 0.3) is 11.6 Å². The van der Waals surface area contributed by atoms with E-state index in [1.165, 1.54) is 4.90 Å². The molecule has 2 aromatic carbocycles. The topological polar surface area (TPSA) is 122 Å². The lowest BCUT2D eigenvalue weighted by atomic mass is 9.58. The minimum absolute atomic E-state index is 0.127. The normalized spacial score (nSPS) is 22.0. The summed E-state index contributed by atoms with van der Waals surface area (Å²) in [5, 5.41) is 23.0. The molecule has 0 radical (unpaired) electrons. The van der Waals surface area contributed by atoms with Gasteiger partial charge in [0.25, 0.3) is 8.32 Å². The second kappa shape index (κ2) is 16.4. The van der Waals surface area contributed by atoms with Crippen molar-refractivity contribution in [1.82, 2.24) is 9.88 Å². The number of aromatic nitrogens is 1. The summed E-state index contributed by atoms with van der Waals surface area (Å²) in [7, 11) is -4.07. The van der Waals surface area contributed by atoms with Gasteiger partial charge in [-0.2, -0.15) is 0 Å². The molecule has 0 bridgehead atoms. The number of imide groups is 1. The van der Waals surface area contributed by atoms with Crippen LogP contribution in [0.2, 0.25) is 11.4 Å². The fraction of sp³-hybridized carbons (Fsp3) is 0.386. The number of nitrogens with zero attached hydrogens (tertiary/aromatic N) is 2. The zero-order valence-electron chi connectivity index (χ0n) is 32.2. The lowest BCUT2D eigenvalue weighted by Gasteiger charge is -2.46. The lowest BCUT2D eigenvalue weighted by molar-refractivity contribution is -0.140. The molecule has 2 fully saturated rings. The number of furan rings is 1. The van der Waals surface area contributed by atoms with Crippen LogP contribution >= 0.6 is 0 Å². The van der Waals surface area contributed by atoms with Crippen molar-refractivity contribution >= 4 is 49.3 Å². The summed E-state index contributed by atoms with van der Waals surface area (Å²) in [5.74, 6) is -0.658. The Morgan fingerprint density at radius 3 is 2.25 bits per heavy atom. The van der Waals surface area contributed by atoms with E-state index >= 15 is 0 Å². The molecule has 11 heteroatoms. The zero-order chi connectivity index (χ0) is 38.7. The highest BCUT2D eigenvalue weighted by atomic mass is 28.4. The van der Waals surface area contributed by atoms with Crippen LogP contribution < -0.4 is 10.4 Å². The van der Waals surface area contributed by atoms with Crippen LogP contribution in [0.3, 0.4) is 0 Å². The second-order valence-electron chi connectivity index (χ2n) is 16.0. The Bertz CT molecular complexity index is 1990. The molecule has 9 nitrogen and oxygen atoms in total. The number of benzene rings is 2. The Morgan fingerprint density at radius 1 is 0.964 bits per heavy atom. The van der Waals surface area contributed by atoms with E-state index in [1.807, 2.05) is 49.4 Å². The summed E-state index contributed by atoms with van der Waals surface area (Å²) in [6.07, 6.45) is 5.45. The van der Waals surface area contributed by atoms with Crippen molar-refractivity contribution in [1.29, 1.82) is 0 Å². The van der Waals surface area contributed by atoms with Gasteiger partial charge in [-0.3, -0.25) is 19.5 Å². The molecular formula is C44H51BN2O7Si. The molecule has 0 unspecified atom stereocenters. The third-order valence-electron chi connectivity index (χ3n) is 11.6. The standard InChI is InChI=1S/C44H51BN2O7Si/c1-5-24-47-42(49)36-26-31(29-52-55(44(2,3)4,34-14-8-6-9-15-34)35-16-10-7-11-17-35)40-37(41(36)43(47)50)27-45(51)54-39(40)22-19-30(38-18-12-13-23-46-38)25-32-20-21-33(28-48)53-32/h6-18,20-21,23,25,36-37,39,41,48,51H,5,19,22,24,26-29H2,1-4H3/b30-25-/t36-,37+,39-,41-/m1/s1. The summed E-state index contributed by atoms with van der Waals surface area (Å²) in [6.45, 7) is 9.16. The van der Waals surface area contributed by atoms with Gasteiger partial charge in [0, 0.05) is 12.7 Å². The number of allylic oxidation sites excluding steroid dienone is 1. The van der Waals surface area contributed by atoms with Crippen molar-refractivity contribution in [2.75, 3.05) is 13.2 Å². The molecule has 4 atom stereocenters. The molecular weight excluding hydrogens is 707 g/mol. The third-order valence-corrected chi connectivity index (χ3v) is 16.5. The van der Waals surface area contributed by atoms with Gasteiger partial charge in [0.05, 0.1) is 30.2 Å². The van der Waals surface area contributed by atoms with Gasteiger partial charge in [-0.05, 0) is 100 Å². The number of rotatable bonds is 13. The third kappa shape index (κ3) is 7.60. The molecule has 0 spiro atoms. The average Bonchev–Trinajstić information content (AvgIpc) is 3.75. The van der Waals surface area contributed by atoms with Crippen LogP contribution in [0.5, 0.6) is 0 Å². The van der Waals surface area contributed by atoms with E-state index in [0.717, 1.165) is 32.8 Å². The molecule has 4 heterocycles. The quantitative estimate of drug-likeness (QED) is 0.0930. The number of pyridine rings is 1. The predicted molar refractivity (Wildman–Crippen MR) is 216 cm³/mol. The highest BCUT2D eigenvalue weighted by Crippen LogP contribution is 2.51. The van der Waals surface area contributed by atoms with Crippen LogP contribution in [-0.2, 0) is 25.3 Å². The average molecular weight is 759 g/mol. The van der Waals surface area contributed by atoms with E-state index in [4.69, 9.17) is 13.5 Å². The Labute approximate surface area is 325 Å². The monoisotopic (exact) mass is 758 g/mol. The van der Waals surface area contributed by atoms with E-state index in [9.17, 15) is 19.7 Å². The van der Waals surface area contributed by atoms with Crippen molar-refractivity contribution in [3.8, 4) is 0 Å². The van der Waals surface area contributed by atoms with Gasteiger partial charge in [-0.25, -0.2) is 0 Å². The summed E-state index contributed by atoms with van der Waals surface area (Å²) >= 11 is 0. The van der Waals surface area contributed by atoms with E-state index in [1.54, 1.807) is 12.3 Å². The van der Waals surface area contributed by atoms with Crippen LogP contribution in [0, 0.1) is 17.8 Å². The van der Waals surface area contributed by atoms with Crippen molar-refractivity contribution in [2.24, 2.45) is 17.8 Å². The van der Waals surface area contributed by atoms with E-state index in [0.29, 0.717) is 43.7 Å². The van der Waals surface area contributed by atoms with E-state index in [2.05, 4.69) is 74.3 Å². The van der Waals surface area contributed by atoms with E-state index < -0.39 is 33.4 Å². The van der Waals surface area contributed by atoms with Gasteiger partial charge >= 0.3 is 7.12 Å². The summed E-state index contributed by atoms with van der Waals surface area (Å²) in [4.78, 5) is 34.2. The molecule has 2 N–H and O–H groups in total. The van der Waals surface area contributed by atoms with Gasteiger partial charge in [0.15, 0.2) is 0 Å². The maximum atomic E-state index is 14.1. The number of aliphatic hydroxyl groups is 1. The fourth-order valence-corrected chi connectivity index (χ4v) is 13.8. The number of carbonyl (C=O) groups is 2. The highest BCUT2D eigenvalue weighted by Gasteiger charge is 2.58. The van der Waals surface area contributed by atoms with Crippen molar-refractivity contribution in [2.45, 2.75) is 77.4 Å². The lowest BCUT2D eigenvalue weighted by Crippen LogP contribution is -2.66. The molecule has 7 rings (SSSR count). The van der Waals surface area contributed by atoms with Gasteiger partial charge in [-0.1, -0.05) is 94.4 Å². The molecule has 2 aliphatic heterocycles. The first-order chi connectivity index (χ1) is 26.6. The summed E-state index contributed by atoms with van der Waals surface area (Å²) in [6, 6.07) is 30.3. The first kappa shape index (κ1) is 38.9. The molecule has 55 heavy (non-hydrogen) atoms. The SMILES string of the molecule is CCCN1C(=O)[C@@H]2[C@@H](CC(CO[Si](c3ccccc3)(c3ccccc3)C(C)(C)C)=C3[C@@H](CC/C(=C/c4ccc(CO)o4)c4ccccn4)OB(O)C[C@@H]32)C1=O. The second-order valence-corrected chi connectivity index (χ2v) is 20.3. The zero-order valence-corrected chi connectivity index (χ0v) is 33.2. The Kier molecular flexibility index (Phi) is 11.6. The Hall–Kier alpha value is -4.39.